The molecule has 0 spiro atoms. The molecule has 1 aliphatic heterocycles. The Morgan fingerprint density at radius 3 is 2.59 bits per heavy atom. The lowest BCUT2D eigenvalue weighted by Gasteiger charge is -2.28. The Hall–Kier alpha value is -4.10. The number of para-hydroxylation sites is 2. The molecule has 2 aromatic heterocycles. The lowest BCUT2D eigenvalue weighted by atomic mass is 9.99. The minimum Gasteiger partial charge on any atom is -0.482 e. The number of urea groups is 1. The molecule has 0 radical (unpaired) electrons. The maximum Gasteiger partial charge on any atom is 0.422 e. The number of amides is 2. The van der Waals surface area contributed by atoms with E-state index in [1.807, 2.05) is 5.32 Å². The van der Waals surface area contributed by atoms with Gasteiger partial charge < -0.3 is 20.7 Å². The Morgan fingerprint density at radius 1 is 1.12 bits per heavy atom. The summed E-state index contributed by atoms with van der Waals surface area (Å²) in [6, 6.07) is 7.78. The van der Waals surface area contributed by atoms with Crippen LogP contribution in [0.3, 0.4) is 0 Å². The van der Waals surface area contributed by atoms with E-state index in [9.17, 15) is 18.0 Å². The summed E-state index contributed by atoms with van der Waals surface area (Å²) in [5.74, 6) is -1.74. The first-order chi connectivity index (χ1) is 19.4. The van der Waals surface area contributed by atoms with Crippen LogP contribution < -0.4 is 20.7 Å². The van der Waals surface area contributed by atoms with Crippen LogP contribution in [0.15, 0.2) is 48.7 Å². The van der Waals surface area contributed by atoms with Crippen LogP contribution in [-0.2, 0) is 13.0 Å². The number of primary amides is 1. The predicted octanol–water partition coefficient (Wildman–Crippen LogP) is 6.51. The Balaban J connectivity index is 1.68. The van der Waals surface area contributed by atoms with Crippen molar-refractivity contribution in [2.24, 2.45) is 5.73 Å². The van der Waals surface area contributed by atoms with E-state index in [0.29, 0.717) is 35.1 Å². The van der Waals surface area contributed by atoms with Gasteiger partial charge in [-0.3, -0.25) is 0 Å². The average molecular weight is 613 g/mol. The molecule has 0 bridgehead atoms. The summed E-state index contributed by atoms with van der Waals surface area (Å²) >= 11 is 12.4. The second kappa shape index (κ2) is 11.1. The molecule has 0 saturated carbocycles. The van der Waals surface area contributed by atoms with E-state index in [4.69, 9.17) is 33.7 Å². The summed E-state index contributed by atoms with van der Waals surface area (Å²) in [4.78, 5) is 17.3. The molecule has 0 saturated heterocycles. The van der Waals surface area contributed by atoms with Crippen molar-refractivity contribution < 1.29 is 31.5 Å². The fraction of sp³-hybridized carbons (Fsp3) is 0.192. The number of pyridine rings is 1. The van der Waals surface area contributed by atoms with Crippen LogP contribution >= 0.6 is 23.2 Å². The first-order valence-electron chi connectivity index (χ1n) is 11.9. The van der Waals surface area contributed by atoms with Gasteiger partial charge in [0.15, 0.2) is 6.61 Å². The third-order valence-corrected chi connectivity index (χ3v) is 6.66. The molecule has 0 fully saturated rings. The van der Waals surface area contributed by atoms with E-state index in [2.05, 4.69) is 10.1 Å². The molecular weight excluding hydrogens is 594 g/mol. The van der Waals surface area contributed by atoms with Gasteiger partial charge in [-0.2, -0.15) is 18.3 Å². The van der Waals surface area contributed by atoms with E-state index < -0.39 is 36.1 Å². The Labute approximate surface area is 239 Å². The highest BCUT2D eigenvalue weighted by Crippen LogP contribution is 2.39. The summed E-state index contributed by atoms with van der Waals surface area (Å²) in [7, 11) is 0. The van der Waals surface area contributed by atoms with Crippen molar-refractivity contribution in [2.45, 2.75) is 19.1 Å². The smallest absolute Gasteiger partial charge is 0.422 e. The molecular formula is C26H19Cl2F5N6O2. The zero-order valence-electron chi connectivity index (χ0n) is 20.8. The maximum atomic E-state index is 15.6. The molecule has 15 heteroatoms. The number of nitrogens with two attached hydrogens (primary N) is 1. The lowest BCUT2D eigenvalue weighted by Crippen LogP contribution is -2.31. The standard InChI is InChI=1S/C26H19Cl2F5N6O2/c27-13-7-16(28)24(35-10-13)38-6-5-19-15(11-38)23(14-8-18(30)20(9-17(14)29)36-25(34)40)39(37-19)21-3-1-2-4-22(21)41-12-26(31,32)33/h1-4,7-10H,5-6,11-12H2,(H3,34,36,40). The van der Waals surface area contributed by atoms with Crippen LogP contribution in [0.1, 0.15) is 11.3 Å². The summed E-state index contributed by atoms with van der Waals surface area (Å²) < 4.78 is 75.9. The normalized spacial score (nSPS) is 13.2. The summed E-state index contributed by atoms with van der Waals surface area (Å²) in [6.45, 7) is -1.10. The van der Waals surface area contributed by atoms with Crippen molar-refractivity contribution in [1.82, 2.24) is 14.8 Å². The molecule has 5 rings (SSSR count). The number of anilines is 2. The van der Waals surface area contributed by atoms with Gasteiger partial charge in [-0.15, -0.1) is 0 Å². The van der Waals surface area contributed by atoms with Gasteiger partial charge in [-0.05, 0) is 24.3 Å². The molecule has 2 aromatic carbocycles. The van der Waals surface area contributed by atoms with E-state index in [1.165, 1.54) is 35.1 Å². The molecule has 8 nitrogen and oxygen atoms in total. The van der Waals surface area contributed by atoms with Crippen molar-refractivity contribution in [3.63, 3.8) is 0 Å². The highest BCUT2D eigenvalue weighted by molar-refractivity contribution is 6.36. The van der Waals surface area contributed by atoms with Crippen LogP contribution in [0.25, 0.3) is 16.9 Å². The molecule has 0 atom stereocenters. The lowest BCUT2D eigenvalue weighted by molar-refractivity contribution is -0.153. The average Bonchev–Trinajstić information content (AvgIpc) is 3.27. The number of alkyl halides is 3. The molecule has 41 heavy (non-hydrogen) atoms. The Kier molecular flexibility index (Phi) is 7.66. The van der Waals surface area contributed by atoms with Gasteiger partial charge in [0.25, 0.3) is 0 Å². The Bertz CT molecular complexity index is 1650. The number of halogens is 7. The van der Waals surface area contributed by atoms with Crippen LogP contribution in [0, 0.1) is 11.6 Å². The van der Waals surface area contributed by atoms with Crippen molar-refractivity contribution in [3.05, 3.63) is 81.6 Å². The Morgan fingerprint density at radius 2 is 1.88 bits per heavy atom. The maximum absolute atomic E-state index is 15.6. The number of fused-ring (bicyclic) bond motifs is 1. The van der Waals surface area contributed by atoms with Crippen LogP contribution in [0.4, 0.5) is 38.3 Å². The topological polar surface area (TPSA) is 98.3 Å². The van der Waals surface area contributed by atoms with Crippen molar-refractivity contribution in [3.8, 4) is 22.7 Å². The third-order valence-electron chi connectivity index (χ3n) is 6.18. The predicted molar refractivity (Wildman–Crippen MR) is 143 cm³/mol. The zero-order valence-corrected chi connectivity index (χ0v) is 22.3. The van der Waals surface area contributed by atoms with Crippen LogP contribution in [-0.4, -0.2) is 40.1 Å². The van der Waals surface area contributed by atoms with E-state index in [1.54, 1.807) is 11.0 Å². The third kappa shape index (κ3) is 6.00. The number of carbonyl (C=O) groups excluding carboxylic acids is 1. The number of ether oxygens (including phenoxy) is 1. The van der Waals surface area contributed by atoms with Gasteiger partial charge in [0.2, 0.25) is 0 Å². The number of rotatable bonds is 6. The molecule has 3 N–H and O–H groups in total. The largest absolute Gasteiger partial charge is 0.482 e. The van der Waals surface area contributed by atoms with Crippen molar-refractivity contribution in [1.29, 1.82) is 0 Å². The van der Waals surface area contributed by atoms with E-state index in [-0.39, 0.29) is 34.3 Å². The van der Waals surface area contributed by atoms with E-state index in [0.717, 1.165) is 12.1 Å². The van der Waals surface area contributed by atoms with Crippen molar-refractivity contribution in [2.75, 3.05) is 23.4 Å². The molecule has 0 unspecified atom stereocenters. The quantitative estimate of drug-likeness (QED) is 0.242. The number of carbonyl (C=O) groups is 1. The number of benzene rings is 2. The summed E-state index contributed by atoms with van der Waals surface area (Å²) in [5.41, 5.74) is 5.35. The van der Waals surface area contributed by atoms with E-state index >= 15 is 8.78 Å². The molecule has 4 aromatic rings. The fourth-order valence-corrected chi connectivity index (χ4v) is 5.02. The van der Waals surface area contributed by atoms with Crippen molar-refractivity contribution >= 4 is 40.7 Å². The SMILES string of the molecule is NC(=O)Nc1cc(F)c(-c2c3c(nn2-c2ccccc2OCC(F)(F)F)CCN(c2ncc(Cl)cc2Cl)C3)cc1F. The van der Waals surface area contributed by atoms with Gasteiger partial charge in [-0.25, -0.2) is 23.2 Å². The monoisotopic (exact) mass is 612 g/mol. The molecule has 214 valence electrons. The minimum absolute atomic E-state index is 0.0554. The van der Waals surface area contributed by atoms with Gasteiger partial charge in [0, 0.05) is 42.9 Å². The van der Waals surface area contributed by atoms with Gasteiger partial charge in [0.1, 0.15) is 28.9 Å². The highest BCUT2D eigenvalue weighted by Gasteiger charge is 2.32. The molecule has 1 aliphatic rings. The van der Waals surface area contributed by atoms with Crippen LogP contribution in [0.2, 0.25) is 10.0 Å². The van der Waals surface area contributed by atoms with Gasteiger partial charge in [0.05, 0.1) is 27.1 Å². The van der Waals surface area contributed by atoms with Gasteiger partial charge in [-0.1, -0.05) is 35.3 Å². The number of hydrogen-bond acceptors (Lipinski definition) is 5. The zero-order chi connectivity index (χ0) is 29.5. The second-order valence-electron chi connectivity index (χ2n) is 8.99. The number of aromatic nitrogens is 3. The molecule has 0 aliphatic carbocycles. The number of hydrogen-bond donors (Lipinski definition) is 2. The first kappa shape index (κ1) is 28.4. The number of nitrogens with zero attached hydrogens (tertiary/aromatic N) is 4. The minimum atomic E-state index is -4.62. The first-order valence-corrected chi connectivity index (χ1v) is 12.7. The van der Waals surface area contributed by atoms with Crippen LogP contribution in [0.5, 0.6) is 5.75 Å². The molecule has 2 amide bonds. The second-order valence-corrected chi connectivity index (χ2v) is 9.83. The summed E-state index contributed by atoms with van der Waals surface area (Å²) in [6.07, 6.45) is -2.90. The number of nitrogens with one attached hydrogen (secondary N) is 1. The van der Waals surface area contributed by atoms with Gasteiger partial charge >= 0.3 is 12.2 Å². The summed E-state index contributed by atoms with van der Waals surface area (Å²) in [5, 5.41) is 7.18. The molecule has 3 heterocycles. The highest BCUT2D eigenvalue weighted by atomic mass is 35.5. The fourth-order valence-electron chi connectivity index (χ4n) is 4.52.